The van der Waals surface area contributed by atoms with Crippen molar-refractivity contribution >= 4 is 37.9 Å². The molecule has 6 nitrogen and oxygen atoms in total. The summed E-state index contributed by atoms with van der Waals surface area (Å²) in [6.45, 7) is 4.33. The number of hydrogen-bond acceptors (Lipinski definition) is 6. The number of sulfone groups is 1. The van der Waals surface area contributed by atoms with Crippen molar-refractivity contribution in [2.24, 2.45) is 0 Å². The first-order valence-corrected chi connectivity index (χ1v) is 12.7. The smallest absolute Gasteiger partial charge is 0.251 e. The Morgan fingerprint density at radius 3 is 2.45 bits per heavy atom. The Bertz CT molecular complexity index is 1300. The van der Waals surface area contributed by atoms with E-state index in [2.05, 4.69) is 10.3 Å². The van der Waals surface area contributed by atoms with Gasteiger partial charge in [-0.15, -0.1) is 0 Å². The van der Waals surface area contributed by atoms with E-state index in [1.165, 1.54) is 6.26 Å². The van der Waals surface area contributed by atoms with Gasteiger partial charge in [-0.2, -0.15) is 0 Å². The number of halogens is 2. The molecule has 4 rings (SSSR count). The monoisotopic (exact) mass is 474 g/mol. The van der Waals surface area contributed by atoms with Gasteiger partial charge in [0.25, 0.3) is 5.92 Å². The molecule has 1 aliphatic heterocycles. The van der Waals surface area contributed by atoms with Gasteiger partial charge in [0.2, 0.25) is 0 Å². The lowest BCUT2D eigenvalue weighted by molar-refractivity contribution is -0.0221. The first-order chi connectivity index (χ1) is 15.4. The summed E-state index contributed by atoms with van der Waals surface area (Å²) < 4.78 is 51.7. The number of hydrogen-bond donors (Lipinski definition) is 2. The molecule has 0 bridgehead atoms. The number of aromatic nitrogens is 1. The number of piperidine rings is 1. The van der Waals surface area contributed by atoms with Crippen LogP contribution in [0.5, 0.6) is 0 Å². The maximum absolute atomic E-state index is 13.6. The van der Waals surface area contributed by atoms with Crippen LogP contribution in [-0.4, -0.2) is 38.7 Å². The van der Waals surface area contributed by atoms with E-state index < -0.39 is 15.8 Å². The Morgan fingerprint density at radius 2 is 1.79 bits per heavy atom. The standard InChI is InChI=1S/C24H28F2N4O2S/c1-15-12-17(16(2)28-20-6-4-5-7-21(20)33(3,31)32)18-14-22(29-23(27)19(18)13-15)30-10-8-24(25,26)9-11-30/h4-7,12-14,16,28H,8-11H2,1-3H3,(H2,27,29). The quantitative estimate of drug-likeness (QED) is 0.545. The van der Waals surface area contributed by atoms with Gasteiger partial charge in [0.05, 0.1) is 10.6 Å². The Morgan fingerprint density at radius 1 is 1.12 bits per heavy atom. The number of aryl methyl sites for hydroxylation is 1. The van der Waals surface area contributed by atoms with Crippen molar-refractivity contribution in [3.63, 3.8) is 0 Å². The normalized spacial score (nSPS) is 17.2. The average Bonchev–Trinajstić information content (AvgIpc) is 2.73. The van der Waals surface area contributed by atoms with Crippen molar-refractivity contribution in [1.29, 1.82) is 0 Å². The Kier molecular flexibility index (Phi) is 5.94. The number of para-hydroxylation sites is 1. The van der Waals surface area contributed by atoms with Gasteiger partial charge in [-0.1, -0.05) is 23.8 Å². The van der Waals surface area contributed by atoms with E-state index in [-0.39, 0.29) is 36.9 Å². The largest absolute Gasteiger partial charge is 0.383 e. The summed E-state index contributed by atoms with van der Waals surface area (Å²) in [5, 5.41) is 4.97. The summed E-state index contributed by atoms with van der Waals surface area (Å²) in [4.78, 5) is 6.57. The molecule has 9 heteroatoms. The highest BCUT2D eigenvalue weighted by molar-refractivity contribution is 7.90. The minimum absolute atomic E-state index is 0.210. The van der Waals surface area contributed by atoms with E-state index in [1.54, 1.807) is 24.3 Å². The maximum atomic E-state index is 13.6. The van der Waals surface area contributed by atoms with Crippen LogP contribution < -0.4 is 16.0 Å². The van der Waals surface area contributed by atoms with Gasteiger partial charge in [-0.3, -0.25) is 0 Å². The van der Waals surface area contributed by atoms with Gasteiger partial charge in [0.1, 0.15) is 11.6 Å². The van der Waals surface area contributed by atoms with Crippen molar-refractivity contribution in [2.75, 3.05) is 35.3 Å². The number of rotatable bonds is 5. The molecule has 1 unspecified atom stereocenters. The molecule has 1 atom stereocenters. The Balaban J connectivity index is 1.75. The van der Waals surface area contributed by atoms with E-state index in [1.807, 2.05) is 36.9 Å². The highest BCUT2D eigenvalue weighted by atomic mass is 32.2. The molecule has 1 fully saturated rings. The van der Waals surface area contributed by atoms with Crippen LogP contribution in [-0.2, 0) is 9.84 Å². The number of benzene rings is 2. The highest BCUT2D eigenvalue weighted by Gasteiger charge is 2.34. The van der Waals surface area contributed by atoms with E-state index in [4.69, 9.17) is 5.73 Å². The SMILES string of the molecule is Cc1cc(C(C)Nc2ccccc2S(C)(=O)=O)c2cc(N3CCC(F)(F)CC3)nc(N)c2c1. The van der Waals surface area contributed by atoms with Gasteiger partial charge in [0.15, 0.2) is 9.84 Å². The average molecular weight is 475 g/mol. The van der Waals surface area contributed by atoms with Gasteiger partial charge < -0.3 is 16.0 Å². The topological polar surface area (TPSA) is 88.3 Å². The minimum Gasteiger partial charge on any atom is -0.383 e. The fraction of sp³-hybridized carbons (Fsp3) is 0.375. The van der Waals surface area contributed by atoms with Crippen LogP contribution in [0.1, 0.15) is 36.9 Å². The molecule has 2 heterocycles. The third-order valence-electron chi connectivity index (χ3n) is 6.08. The molecule has 3 N–H and O–H groups in total. The molecule has 0 amide bonds. The molecule has 0 aliphatic carbocycles. The Hall–Kier alpha value is -2.94. The summed E-state index contributed by atoms with van der Waals surface area (Å²) in [6, 6.07) is 12.4. The van der Waals surface area contributed by atoms with Crippen LogP contribution in [0.3, 0.4) is 0 Å². The lowest BCUT2D eigenvalue weighted by atomic mass is 9.97. The second kappa shape index (κ2) is 8.44. The second-order valence-corrected chi connectivity index (χ2v) is 10.8. The number of nitrogens with zero attached hydrogens (tertiary/aromatic N) is 2. The highest BCUT2D eigenvalue weighted by Crippen LogP contribution is 2.36. The predicted octanol–water partition coefficient (Wildman–Crippen LogP) is 4.94. The molecule has 0 spiro atoms. The van der Waals surface area contributed by atoms with Gasteiger partial charge in [-0.25, -0.2) is 22.2 Å². The van der Waals surface area contributed by atoms with Crippen LogP contribution in [0.25, 0.3) is 10.8 Å². The van der Waals surface area contributed by atoms with Crippen LogP contribution in [0.4, 0.5) is 26.1 Å². The first-order valence-electron chi connectivity index (χ1n) is 10.8. The van der Waals surface area contributed by atoms with Crippen LogP contribution in [0, 0.1) is 6.92 Å². The van der Waals surface area contributed by atoms with Crippen molar-refractivity contribution < 1.29 is 17.2 Å². The molecule has 0 radical (unpaired) electrons. The minimum atomic E-state index is -3.41. The molecular formula is C24H28F2N4O2S. The van der Waals surface area contributed by atoms with E-state index in [9.17, 15) is 17.2 Å². The fourth-order valence-electron chi connectivity index (χ4n) is 4.35. The summed E-state index contributed by atoms with van der Waals surface area (Å²) in [6.07, 6.45) is 0.752. The van der Waals surface area contributed by atoms with Crippen molar-refractivity contribution in [2.45, 2.75) is 43.5 Å². The third kappa shape index (κ3) is 4.88. The predicted molar refractivity (Wildman–Crippen MR) is 129 cm³/mol. The third-order valence-corrected chi connectivity index (χ3v) is 7.24. The molecule has 0 saturated carbocycles. The first kappa shape index (κ1) is 23.2. The number of fused-ring (bicyclic) bond motifs is 1. The second-order valence-electron chi connectivity index (χ2n) is 8.79. The number of anilines is 3. The number of nitrogen functional groups attached to an aromatic ring is 1. The lowest BCUT2D eigenvalue weighted by Gasteiger charge is -2.33. The number of alkyl halides is 2. The Labute approximate surface area is 192 Å². The molecule has 1 aliphatic rings. The summed E-state index contributed by atoms with van der Waals surface area (Å²) in [5.41, 5.74) is 8.73. The lowest BCUT2D eigenvalue weighted by Crippen LogP contribution is -2.39. The molecule has 33 heavy (non-hydrogen) atoms. The van der Waals surface area contributed by atoms with Gasteiger partial charge in [0, 0.05) is 43.6 Å². The fourth-order valence-corrected chi connectivity index (χ4v) is 5.20. The van der Waals surface area contributed by atoms with E-state index in [0.717, 1.165) is 21.9 Å². The number of nitrogens with one attached hydrogen (secondary N) is 1. The van der Waals surface area contributed by atoms with Crippen LogP contribution >= 0.6 is 0 Å². The maximum Gasteiger partial charge on any atom is 0.251 e. The molecule has 1 saturated heterocycles. The van der Waals surface area contributed by atoms with Crippen LogP contribution in [0.15, 0.2) is 47.4 Å². The summed E-state index contributed by atoms with van der Waals surface area (Å²) in [5.74, 6) is -1.73. The van der Waals surface area contributed by atoms with Crippen molar-refractivity contribution in [3.05, 3.63) is 53.6 Å². The molecule has 1 aromatic heterocycles. The zero-order valence-electron chi connectivity index (χ0n) is 18.9. The van der Waals surface area contributed by atoms with Gasteiger partial charge in [-0.05, 0) is 49.1 Å². The molecular weight excluding hydrogens is 446 g/mol. The van der Waals surface area contributed by atoms with Crippen LogP contribution in [0.2, 0.25) is 0 Å². The van der Waals surface area contributed by atoms with E-state index >= 15 is 0 Å². The summed E-state index contributed by atoms with van der Waals surface area (Å²) in [7, 11) is -3.41. The van der Waals surface area contributed by atoms with E-state index in [0.29, 0.717) is 17.3 Å². The van der Waals surface area contributed by atoms with Crippen molar-refractivity contribution in [3.8, 4) is 0 Å². The zero-order valence-corrected chi connectivity index (χ0v) is 19.7. The molecule has 2 aromatic carbocycles. The molecule has 3 aromatic rings. The molecule has 176 valence electrons. The number of nitrogens with two attached hydrogens (primary N) is 1. The van der Waals surface area contributed by atoms with Gasteiger partial charge >= 0.3 is 0 Å². The zero-order chi connectivity index (χ0) is 24.0. The summed E-state index contributed by atoms with van der Waals surface area (Å²) >= 11 is 0. The van der Waals surface area contributed by atoms with Crippen molar-refractivity contribution in [1.82, 2.24) is 4.98 Å². The number of pyridine rings is 1.